The van der Waals surface area contributed by atoms with Crippen LogP contribution in [0.5, 0.6) is 0 Å². The topological polar surface area (TPSA) is 102 Å². The van der Waals surface area contributed by atoms with E-state index in [9.17, 15) is 0 Å². The van der Waals surface area contributed by atoms with Crippen LogP contribution in [0.15, 0.2) is 175 Å². The summed E-state index contributed by atoms with van der Waals surface area (Å²) in [7, 11) is 0. The molecule has 1 aliphatic rings. The van der Waals surface area contributed by atoms with Gasteiger partial charge >= 0.3 is 0 Å². The lowest BCUT2D eigenvalue weighted by Crippen LogP contribution is -2.20. The minimum Gasteiger partial charge on any atom is -0.357 e. The van der Waals surface area contributed by atoms with Crippen LogP contribution in [0.3, 0.4) is 0 Å². The first-order valence-corrected chi connectivity index (χ1v) is 17.2. The van der Waals surface area contributed by atoms with Crippen molar-refractivity contribution in [2.45, 2.75) is 0 Å². The first-order chi connectivity index (χ1) is 26.2. The maximum absolute atomic E-state index is 6.23. The maximum Gasteiger partial charge on any atom is 0.250 e. The molecule has 9 rings (SSSR count). The van der Waals surface area contributed by atoms with E-state index >= 15 is 0 Å². The maximum atomic E-state index is 6.23. The Labute approximate surface area is 306 Å². The van der Waals surface area contributed by atoms with Gasteiger partial charge in [-0.25, -0.2) is 34.9 Å². The average Bonchev–Trinajstić information content (AvgIpc) is 3.75. The van der Waals surface area contributed by atoms with Crippen molar-refractivity contribution in [3.63, 3.8) is 0 Å². The third-order valence-corrected chi connectivity index (χ3v) is 8.74. The number of aliphatic imine (C=N–C) groups is 1. The predicted molar refractivity (Wildman–Crippen MR) is 207 cm³/mol. The van der Waals surface area contributed by atoms with Crippen molar-refractivity contribution in [2.24, 2.45) is 4.99 Å². The van der Waals surface area contributed by atoms with Crippen LogP contribution in [-0.2, 0) is 4.84 Å². The van der Waals surface area contributed by atoms with Crippen LogP contribution < -0.4 is 5.06 Å². The summed E-state index contributed by atoms with van der Waals surface area (Å²) in [5, 5.41) is 1.76. The van der Waals surface area contributed by atoms with Crippen LogP contribution in [0.4, 0.5) is 5.69 Å². The summed E-state index contributed by atoms with van der Waals surface area (Å²) in [5.74, 6) is 4.19. The monoisotopic (exact) mass is 686 g/mol. The van der Waals surface area contributed by atoms with Gasteiger partial charge in [0.25, 0.3) is 5.90 Å². The van der Waals surface area contributed by atoms with Gasteiger partial charge in [-0.1, -0.05) is 133 Å². The zero-order valence-electron chi connectivity index (χ0n) is 28.4. The van der Waals surface area contributed by atoms with Crippen molar-refractivity contribution < 1.29 is 4.84 Å². The summed E-state index contributed by atoms with van der Waals surface area (Å²) in [5.41, 5.74) is 7.14. The summed E-state index contributed by atoms with van der Waals surface area (Å²) in [6, 6.07) is 55.7. The number of aromatic nitrogens is 6. The van der Waals surface area contributed by atoms with E-state index < -0.39 is 0 Å². The predicted octanol–water partition coefficient (Wildman–Crippen LogP) is 9.21. The highest BCUT2D eigenvalue weighted by atomic mass is 16.7. The van der Waals surface area contributed by atoms with Gasteiger partial charge in [-0.3, -0.25) is 0 Å². The molecule has 0 saturated carbocycles. The number of hydrogen-bond donors (Lipinski definition) is 0. The minimum atomic E-state index is 0.354. The molecule has 0 aliphatic carbocycles. The molecule has 0 N–H and O–H groups in total. The Balaban J connectivity index is 0.943. The zero-order chi connectivity index (χ0) is 35.4. The van der Waals surface area contributed by atoms with E-state index in [2.05, 4.69) is 0 Å². The van der Waals surface area contributed by atoms with E-state index in [1.54, 1.807) is 5.06 Å². The Morgan fingerprint density at radius 1 is 0.321 bits per heavy atom. The van der Waals surface area contributed by atoms with Crippen LogP contribution in [0.25, 0.3) is 68.3 Å². The Hall–Kier alpha value is -7.39. The molecule has 53 heavy (non-hydrogen) atoms. The minimum absolute atomic E-state index is 0.354. The molecule has 6 aromatic carbocycles. The second-order valence-corrected chi connectivity index (χ2v) is 12.3. The van der Waals surface area contributed by atoms with Crippen LogP contribution in [0.2, 0.25) is 0 Å². The van der Waals surface area contributed by atoms with E-state index in [-0.39, 0.29) is 0 Å². The van der Waals surface area contributed by atoms with Gasteiger partial charge in [-0.2, -0.15) is 5.06 Å². The highest BCUT2D eigenvalue weighted by Crippen LogP contribution is 2.29. The summed E-state index contributed by atoms with van der Waals surface area (Å²) < 4.78 is 0. The number of hydroxylamine groups is 1. The molecule has 9 heteroatoms. The van der Waals surface area contributed by atoms with Gasteiger partial charge in [0.15, 0.2) is 34.9 Å². The molecule has 0 bridgehead atoms. The van der Waals surface area contributed by atoms with Crippen molar-refractivity contribution in [1.82, 2.24) is 29.9 Å². The first kappa shape index (κ1) is 31.6. The second kappa shape index (κ2) is 14.1. The molecule has 252 valence electrons. The molecule has 2 aromatic heterocycles. The Morgan fingerprint density at radius 3 is 0.943 bits per heavy atom. The highest BCUT2D eigenvalue weighted by Gasteiger charge is 2.21. The summed E-state index contributed by atoms with van der Waals surface area (Å²) in [6.07, 6.45) is 0. The van der Waals surface area contributed by atoms with Crippen LogP contribution >= 0.6 is 0 Å². The second-order valence-electron chi connectivity index (χ2n) is 12.3. The van der Waals surface area contributed by atoms with Crippen molar-refractivity contribution >= 4 is 11.6 Å². The Morgan fingerprint density at radius 2 is 0.604 bits per heavy atom. The van der Waals surface area contributed by atoms with Gasteiger partial charge in [0.05, 0.1) is 5.69 Å². The molecular formula is C44H30N8O. The number of benzene rings is 6. The quantitative estimate of drug-likeness (QED) is 0.156. The molecule has 1 aliphatic heterocycles. The van der Waals surface area contributed by atoms with E-state index in [4.69, 9.17) is 39.7 Å². The molecule has 0 unspecified atom stereocenters. The normalized spacial score (nSPS) is 12.3. The van der Waals surface area contributed by atoms with Gasteiger partial charge in [0, 0.05) is 38.9 Å². The van der Waals surface area contributed by atoms with Crippen molar-refractivity contribution in [3.05, 3.63) is 175 Å². The van der Waals surface area contributed by atoms with E-state index in [1.807, 2.05) is 170 Å². The van der Waals surface area contributed by atoms with Crippen LogP contribution in [0.1, 0.15) is 5.56 Å². The number of hydrogen-bond acceptors (Lipinski definition) is 9. The van der Waals surface area contributed by atoms with Crippen LogP contribution in [0, 0.1) is 0 Å². The van der Waals surface area contributed by atoms with Gasteiger partial charge in [0.2, 0.25) is 0 Å². The van der Waals surface area contributed by atoms with Crippen LogP contribution in [-0.4, -0.2) is 42.5 Å². The summed E-state index contributed by atoms with van der Waals surface area (Å²) in [6.45, 7) is 0.354. The summed E-state index contributed by atoms with van der Waals surface area (Å²) >= 11 is 0. The first-order valence-electron chi connectivity index (χ1n) is 17.2. The lowest BCUT2D eigenvalue weighted by Gasteiger charge is -2.17. The largest absolute Gasteiger partial charge is 0.357 e. The SMILES string of the molecule is c1ccc(-c2nc(-c3ccccc3)nc(-c3ccc(C4=NCN(c5ccc(-c6nc(-c7ccccc7)nc(-c7ccccc7)n6)cc5)O4)cc3)n2)cc1. The fourth-order valence-electron chi connectivity index (χ4n) is 5.98. The van der Waals surface area contributed by atoms with Gasteiger partial charge < -0.3 is 4.84 Å². The molecule has 0 amide bonds. The van der Waals surface area contributed by atoms with Gasteiger partial charge in [0.1, 0.15) is 6.67 Å². The lowest BCUT2D eigenvalue weighted by atomic mass is 10.1. The molecule has 0 spiro atoms. The number of nitrogens with zero attached hydrogens (tertiary/aromatic N) is 8. The lowest BCUT2D eigenvalue weighted by molar-refractivity contribution is 0.300. The average molecular weight is 687 g/mol. The molecule has 3 heterocycles. The Bertz CT molecular complexity index is 2420. The molecule has 0 atom stereocenters. The van der Waals surface area contributed by atoms with E-state index in [0.29, 0.717) is 47.5 Å². The highest BCUT2D eigenvalue weighted by molar-refractivity contribution is 5.96. The smallest absolute Gasteiger partial charge is 0.250 e. The van der Waals surface area contributed by atoms with Crippen molar-refractivity contribution in [3.8, 4) is 68.3 Å². The molecule has 0 fully saturated rings. The van der Waals surface area contributed by atoms with Gasteiger partial charge in [-0.05, 0) is 36.4 Å². The van der Waals surface area contributed by atoms with E-state index in [0.717, 1.165) is 44.6 Å². The van der Waals surface area contributed by atoms with Gasteiger partial charge in [-0.15, -0.1) is 0 Å². The third-order valence-electron chi connectivity index (χ3n) is 8.74. The summed E-state index contributed by atoms with van der Waals surface area (Å²) in [4.78, 5) is 39.9. The standard InChI is InChI=1S/C44H30N8O/c1-5-13-30(14-6-1)38-46-39(31-15-7-2-8-16-31)49-42(48-38)34-21-23-36(24-22-34)44-45-29-52(53-44)37-27-25-35(26-28-37)43-50-40(32-17-9-3-10-18-32)47-41(51-43)33-19-11-4-12-20-33/h1-28H,29H2. The Kier molecular flexibility index (Phi) is 8.39. The number of rotatable bonds is 8. The molecule has 0 radical (unpaired) electrons. The third kappa shape index (κ3) is 6.74. The fourth-order valence-corrected chi connectivity index (χ4v) is 5.98. The van der Waals surface area contributed by atoms with E-state index in [1.165, 1.54) is 0 Å². The van der Waals surface area contributed by atoms with Crippen molar-refractivity contribution in [2.75, 3.05) is 11.7 Å². The molecule has 0 saturated heterocycles. The van der Waals surface area contributed by atoms with Crippen molar-refractivity contribution in [1.29, 1.82) is 0 Å². The zero-order valence-corrected chi connectivity index (χ0v) is 28.4. The number of anilines is 1. The molecular weight excluding hydrogens is 657 g/mol. The molecule has 8 aromatic rings. The molecule has 9 nitrogen and oxygen atoms in total. The fraction of sp³-hybridized carbons (Fsp3) is 0.0227.